The van der Waals surface area contributed by atoms with Gasteiger partial charge in [0.05, 0.1) is 28.8 Å². The van der Waals surface area contributed by atoms with Crippen LogP contribution in [0.3, 0.4) is 0 Å². The van der Waals surface area contributed by atoms with Crippen molar-refractivity contribution in [2.75, 3.05) is 18.0 Å². The van der Waals surface area contributed by atoms with E-state index in [0.717, 1.165) is 4.90 Å². The number of ether oxygens (including phenoxy) is 1. The molecule has 0 bridgehead atoms. The largest absolute Gasteiger partial charge is 0.486 e. The average molecular weight is 484 g/mol. The summed E-state index contributed by atoms with van der Waals surface area (Å²) in [5.74, 6) is -1.17. The van der Waals surface area contributed by atoms with Gasteiger partial charge in [0.1, 0.15) is 17.2 Å². The number of carbonyl (C=O) groups excluding carboxylic acids is 4. The highest BCUT2D eigenvalue weighted by molar-refractivity contribution is 6.34. The Kier molecular flexibility index (Phi) is 5.00. The van der Waals surface area contributed by atoms with Gasteiger partial charge in [-0.3, -0.25) is 19.2 Å². The SMILES string of the molecule is O=C1CC2(CCN(C(=O)c3ccc4c(c3)C(=O)N(c3ccc(F)cc3)C4=O)CC2)Oc2ccccc21. The van der Waals surface area contributed by atoms with Crippen molar-refractivity contribution in [3.8, 4) is 5.75 Å². The van der Waals surface area contributed by atoms with Crippen LogP contribution >= 0.6 is 0 Å². The van der Waals surface area contributed by atoms with Crippen molar-refractivity contribution in [2.24, 2.45) is 0 Å². The molecule has 0 atom stereocenters. The number of hydrogen-bond acceptors (Lipinski definition) is 5. The number of benzene rings is 3. The monoisotopic (exact) mass is 484 g/mol. The fourth-order valence-corrected chi connectivity index (χ4v) is 5.22. The van der Waals surface area contributed by atoms with Gasteiger partial charge in [0.2, 0.25) is 0 Å². The lowest BCUT2D eigenvalue weighted by atomic mass is 9.82. The smallest absolute Gasteiger partial charge is 0.266 e. The Morgan fingerprint density at radius 2 is 1.53 bits per heavy atom. The number of amides is 3. The van der Waals surface area contributed by atoms with E-state index in [1.165, 1.54) is 36.4 Å². The van der Waals surface area contributed by atoms with Gasteiger partial charge in [0, 0.05) is 31.5 Å². The lowest BCUT2D eigenvalue weighted by Crippen LogP contribution is -2.52. The van der Waals surface area contributed by atoms with E-state index >= 15 is 0 Å². The number of imide groups is 1. The van der Waals surface area contributed by atoms with Crippen LogP contribution in [0.2, 0.25) is 0 Å². The van der Waals surface area contributed by atoms with Crippen molar-refractivity contribution in [1.82, 2.24) is 4.90 Å². The summed E-state index contributed by atoms with van der Waals surface area (Å²) in [6, 6.07) is 16.8. The van der Waals surface area contributed by atoms with Gasteiger partial charge < -0.3 is 9.64 Å². The molecule has 3 aromatic carbocycles. The van der Waals surface area contributed by atoms with Crippen LogP contribution in [-0.2, 0) is 0 Å². The number of carbonyl (C=O) groups is 4. The molecular weight excluding hydrogens is 463 g/mol. The minimum absolute atomic E-state index is 0.0455. The second-order valence-corrected chi connectivity index (χ2v) is 9.36. The minimum atomic E-state index is -0.627. The molecule has 0 aromatic heterocycles. The van der Waals surface area contributed by atoms with Crippen LogP contribution in [0.4, 0.5) is 10.1 Å². The third-order valence-corrected chi connectivity index (χ3v) is 7.18. The number of rotatable bonds is 2. The highest BCUT2D eigenvalue weighted by atomic mass is 19.1. The number of Topliss-reactive ketones (excluding diaryl/α,β-unsaturated/α-hetero) is 1. The van der Waals surface area contributed by atoms with E-state index in [1.807, 2.05) is 12.1 Å². The van der Waals surface area contributed by atoms with Gasteiger partial charge >= 0.3 is 0 Å². The summed E-state index contributed by atoms with van der Waals surface area (Å²) in [6.45, 7) is 0.805. The van der Waals surface area contributed by atoms with Crippen LogP contribution in [0.5, 0.6) is 5.75 Å². The Labute approximate surface area is 206 Å². The van der Waals surface area contributed by atoms with Gasteiger partial charge in [-0.2, -0.15) is 0 Å². The molecule has 0 radical (unpaired) electrons. The molecule has 0 aliphatic carbocycles. The second kappa shape index (κ2) is 8.12. The molecule has 36 heavy (non-hydrogen) atoms. The number of para-hydroxylation sites is 1. The first-order valence-corrected chi connectivity index (χ1v) is 11.7. The van der Waals surface area contributed by atoms with E-state index in [1.54, 1.807) is 23.1 Å². The lowest BCUT2D eigenvalue weighted by molar-refractivity contribution is -0.00572. The summed E-state index contributed by atoms with van der Waals surface area (Å²) >= 11 is 0. The van der Waals surface area contributed by atoms with E-state index in [4.69, 9.17) is 4.74 Å². The Bertz CT molecular complexity index is 1440. The van der Waals surface area contributed by atoms with E-state index < -0.39 is 23.2 Å². The zero-order valence-corrected chi connectivity index (χ0v) is 19.2. The molecule has 3 aliphatic heterocycles. The second-order valence-electron chi connectivity index (χ2n) is 9.36. The first kappa shape index (κ1) is 22.2. The molecule has 1 spiro atoms. The quantitative estimate of drug-likeness (QED) is 0.508. The third-order valence-electron chi connectivity index (χ3n) is 7.18. The van der Waals surface area contributed by atoms with Gasteiger partial charge in [-0.15, -0.1) is 0 Å². The maximum atomic E-state index is 13.3. The van der Waals surface area contributed by atoms with Crippen LogP contribution in [0.25, 0.3) is 0 Å². The van der Waals surface area contributed by atoms with Crippen molar-refractivity contribution in [2.45, 2.75) is 24.9 Å². The lowest BCUT2D eigenvalue weighted by Gasteiger charge is -2.44. The van der Waals surface area contributed by atoms with E-state index in [2.05, 4.69) is 0 Å². The van der Waals surface area contributed by atoms with Gasteiger partial charge in [0.25, 0.3) is 17.7 Å². The molecular formula is C28H21FN2O5. The highest BCUT2D eigenvalue weighted by Crippen LogP contribution is 2.39. The summed E-state index contributed by atoms with van der Waals surface area (Å²) in [4.78, 5) is 54.5. The minimum Gasteiger partial charge on any atom is -0.486 e. The molecule has 6 rings (SSSR count). The van der Waals surface area contributed by atoms with Crippen molar-refractivity contribution in [3.63, 3.8) is 0 Å². The predicted molar refractivity (Wildman–Crippen MR) is 128 cm³/mol. The normalized spacial score (nSPS) is 18.2. The fourth-order valence-electron chi connectivity index (χ4n) is 5.22. The summed E-state index contributed by atoms with van der Waals surface area (Å²) in [5.41, 5.74) is 0.873. The number of halogens is 1. The highest BCUT2D eigenvalue weighted by Gasteiger charge is 2.44. The topological polar surface area (TPSA) is 84.0 Å². The summed E-state index contributed by atoms with van der Waals surface area (Å²) in [7, 11) is 0. The van der Waals surface area contributed by atoms with Crippen LogP contribution in [0.15, 0.2) is 66.7 Å². The number of ketones is 1. The number of nitrogens with zero attached hydrogens (tertiary/aromatic N) is 2. The zero-order valence-electron chi connectivity index (χ0n) is 19.2. The summed E-state index contributed by atoms with van der Waals surface area (Å²) in [5, 5.41) is 0. The maximum absolute atomic E-state index is 13.3. The average Bonchev–Trinajstić information content (AvgIpc) is 3.14. The zero-order chi connectivity index (χ0) is 25.0. The van der Waals surface area contributed by atoms with Crippen molar-refractivity contribution >= 4 is 29.2 Å². The van der Waals surface area contributed by atoms with E-state index in [9.17, 15) is 23.6 Å². The van der Waals surface area contributed by atoms with Crippen molar-refractivity contribution in [3.05, 3.63) is 94.8 Å². The number of fused-ring (bicyclic) bond motifs is 2. The predicted octanol–water partition coefficient (Wildman–Crippen LogP) is 4.27. The van der Waals surface area contributed by atoms with Crippen LogP contribution in [0.1, 0.15) is 60.7 Å². The molecule has 180 valence electrons. The third kappa shape index (κ3) is 3.48. The Hall–Kier alpha value is -4.33. The van der Waals surface area contributed by atoms with Crippen molar-refractivity contribution in [1.29, 1.82) is 0 Å². The number of piperidine rings is 1. The molecule has 7 nitrogen and oxygen atoms in total. The number of anilines is 1. The Morgan fingerprint density at radius 1 is 0.833 bits per heavy atom. The van der Waals surface area contributed by atoms with Crippen LogP contribution in [0, 0.1) is 5.82 Å². The Balaban J connectivity index is 1.19. The van der Waals surface area contributed by atoms with Gasteiger partial charge in [-0.1, -0.05) is 12.1 Å². The molecule has 3 aromatic rings. The molecule has 0 N–H and O–H groups in total. The van der Waals surface area contributed by atoms with E-state index in [0.29, 0.717) is 42.8 Å². The molecule has 8 heteroatoms. The van der Waals surface area contributed by atoms with Crippen LogP contribution < -0.4 is 9.64 Å². The number of hydrogen-bond donors (Lipinski definition) is 0. The Morgan fingerprint density at radius 3 is 2.28 bits per heavy atom. The molecule has 1 fully saturated rings. The number of likely N-dealkylation sites (tertiary alicyclic amines) is 1. The summed E-state index contributed by atoms with van der Waals surface area (Å²) < 4.78 is 19.5. The van der Waals surface area contributed by atoms with Crippen LogP contribution in [-0.4, -0.2) is 47.1 Å². The van der Waals surface area contributed by atoms with Gasteiger partial charge in [0.15, 0.2) is 5.78 Å². The standard InChI is InChI=1S/C28H21FN2O5/c29-18-6-8-19(9-7-18)31-26(34)20-10-5-17(15-22(20)27(31)35)25(33)30-13-11-28(12-14-30)16-23(32)21-3-1-2-4-24(21)36-28/h1-10,15H,11-14,16H2. The van der Waals surface area contributed by atoms with Gasteiger partial charge in [-0.05, 0) is 54.6 Å². The molecule has 0 unspecified atom stereocenters. The molecule has 3 amide bonds. The fraction of sp³-hybridized carbons (Fsp3) is 0.214. The maximum Gasteiger partial charge on any atom is 0.266 e. The first-order valence-electron chi connectivity index (χ1n) is 11.7. The van der Waals surface area contributed by atoms with Gasteiger partial charge in [-0.25, -0.2) is 9.29 Å². The molecule has 0 saturated carbocycles. The molecule has 3 heterocycles. The molecule has 1 saturated heterocycles. The van der Waals surface area contributed by atoms with E-state index in [-0.39, 0.29) is 34.9 Å². The summed E-state index contributed by atoms with van der Waals surface area (Å²) in [6.07, 6.45) is 1.31. The molecule has 3 aliphatic rings. The first-order chi connectivity index (χ1) is 17.3. The van der Waals surface area contributed by atoms with Crippen molar-refractivity contribution < 1.29 is 28.3 Å².